The predicted octanol–water partition coefficient (Wildman–Crippen LogP) is 3.98. The maximum atomic E-state index is 4.51. The van der Waals surface area contributed by atoms with Crippen molar-refractivity contribution in [1.29, 1.82) is 0 Å². The monoisotopic (exact) mass is 283 g/mol. The highest BCUT2D eigenvalue weighted by Crippen LogP contribution is 2.27. The van der Waals surface area contributed by atoms with Crippen LogP contribution in [0.3, 0.4) is 0 Å². The lowest BCUT2D eigenvalue weighted by Gasteiger charge is -2.06. The lowest BCUT2D eigenvalue weighted by molar-refractivity contribution is 1.05. The molecule has 102 valence electrons. The zero-order valence-electron chi connectivity index (χ0n) is 11.6. The van der Waals surface area contributed by atoms with Gasteiger partial charge in [0, 0.05) is 25.2 Å². The first-order valence-electron chi connectivity index (χ1n) is 6.60. The third kappa shape index (κ3) is 2.51. The first-order chi connectivity index (χ1) is 9.78. The highest BCUT2D eigenvalue weighted by atomic mass is 32.2. The van der Waals surface area contributed by atoms with Crippen molar-refractivity contribution in [1.82, 2.24) is 9.38 Å². The summed E-state index contributed by atoms with van der Waals surface area (Å²) in [7, 11) is 1.93. The van der Waals surface area contributed by atoms with E-state index in [0.717, 1.165) is 22.1 Å². The number of aromatic nitrogens is 2. The number of thioether (sulfide) groups is 1. The molecule has 4 heteroatoms. The minimum atomic E-state index is 0.939. The molecular weight excluding hydrogens is 266 g/mol. The van der Waals surface area contributed by atoms with Crippen LogP contribution in [-0.2, 0) is 5.75 Å². The number of nitrogens with one attached hydrogen (secondary N) is 1. The van der Waals surface area contributed by atoms with Gasteiger partial charge >= 0.3 is 0 Å². The Balaban J connectivity index is 1.86. The van der Waals surface area contributed by atoms with E-state index in [1.54, 1.807) is 11.8 Å². The maximum Gasteiger partial charge on any atom is 0.120 e. The maximum absolute atomic E-state index is 4.51. The van der Waals surface area contributed by atoms with Crippen LogP contribution in [0.2, 0.25) is 0 Å². The Labute approximate surface area is 123 Å². The Hall–Kier alpha value is -1.94. The standard InChI is InChI=1S/C16H17N3S/c1-12-4-3-5-13(10-12)11-20-16-14-6-7-15(17-2)19(14)9-8-18-16/h3-10,17H,11H2,1-2H3. The molecule has 0 bridgehead atoms. The van der Waals surface area contributed by atoms with Crippen LogP contribution in [0, 0.1) is 6.92 Å². The summed E-state index contributed by atoms with van der Waals surface area (Å²) >= 11 is 1.78. The smallest absolute Gasteiger partial charge is 0.120 e. The fourth-order valence-corrected chi connectivity index (χ4v) is 3.22. The van der Waals surface area contributed by atoms with Crippen molar-refractivity contribution in [2.24, 2.45) is 0 Å². The largest absolute Gasteiger partial charge is 0.374 e. The number of benzene rings is 1. The summed E-state index contributed by atoms with van der Waals surface area (Å²) in [4.78, 5) is 4.51. The van der Waals surface area contributed by atoms with Gasteiger partial charge in [-0.05, 0) is 24.6 Å². The van der Waals surface area contributed by atoms with Crippen molar-refractivity contribution in [3.63, 3.8) is 0 Å². The van der Waals surface area contributed by atoms with E-state index in [0.29, 0.717) is 0 Å². The molecule has 2 heterocycles. The highest BCUT2D eigenvalue weighted by molar-refractivity contribution is 7.98. The van der Waals surface area contributed by atoms with Gasteiger partial charge in [-0.2, -0.15) is 0 Å². The van der Waals surface area contributed by atoms with E-state index in [-0.39, 0.29) is 0 Å². The zero-order valence-corrected chi connectivity index (χ0v) is 12.4. The van der Waals surface area contributed by atoms with Gasteiger partial charge in [-0.25, -0.2) is 4.98 Å². The predicted molar refractivity (Wildman–Crippen MR) is 85.5 cm³/mol. The molecule has 0 aliphatic heterocycles. The van der Waals surface area contributed by atoms with Crippen LogP contribution in [0.15, 0.2) is 53.8 Å². The summed E-state index contributed by atoms with van der Waals surface area (Å²) in [6.45, 7) is 2.12. The lowest BCUT2D eigenvalue weighted by atomic mass is 10.2. The molecule has 0 unspecified atom stereocenters. The molecule has 0 amide bonds. The highest BCUT2D eigenvalue weighted by Gasteiger charge is 2.06. The van der Waals surface area contributed by atoms with Gasteiger partial charge in [0.25, 0.3) is 0 Å². The Kier molecular flexibility index (Phi) is 3.65. The molecule has 20 heavy (non-hydrogen) atoms. The summed E-state index contributed by atoms with van der Waals surface area (Å²) in [5, 5.41) is 4.25. The molecule has 0 aliphatic carbocycles. The Morgan fingerprint density at radius 1 is 1.25 bits per heavy atom. The van der Waals surface area contributed by atoms with Crippen LogP contribution in [0.25, 0.3) is 5.52 Å². The molecule has 3 rings (SSSR count). The Morgan fingerprint density at radius 2 is 2.15 bits per heavy atom. The second-order valence-corrected chi connectivity index (χ2v) is 5.70. The van der Waals surface area contributed by atoms with Crippen LogP contribution >= 0.6 is 11.8 Å². The molecule has 0 spiro atoms. The summed E-state index contributed by atoms with van der Waals surface area (Å²) < 4.78 is 2.13. The number of anilines is 1. The topological polar surface area (TPSA) is 29.3 Å². The van der Waals surface area contributed by atoms with Gasteiger partial charge in [0.15, 0.2) is 0 Å². The first-order valence-corrected chi connectivity index (χ1v) is 7.58. The second kappa shape index (κ2) is 5.59. The summed E-state index contributed by atoms with van der Waals surface area (Å²) in [5.74, 6) is 2.02. The van der Waals surface area contributed by atoms with Gasteiger partial charge in [0.2, 0.25) is 0 Å². The molecule has 2 aromatic heterocycles. The number of hydrogen-bond donors (Lipinski definition) is 1. The number of hydrogen-bond acceptors (Lipinski definition) is 3. The molecule has 0 aliphatic rings. The van der Waals surface area contributed by atoms with Crippen LogP contribution < -0.4 is 5.32 Å². The normalized spacial score (nSPS) is 10.9. The van der Waals surface area contributed by atoms with E-state index < -0.39 is 0 Å². The van der Waals surface area contributed by atoms with Gasteiger partial charge < -0.3 is 5.32 Å². The molecular formula is C16H17N3S. The number of nitrogens with zero attached hydrogens (tertiary/aromatic N) is 2. The van der Waals surface area contributed by atoms with E-state index in [1.165, 1.54) is 11.1 Å². The van der Waals surface area contributed by atoms with Crippen molar-refractivity contribution in [2.45, 2.75) is 17.7 Å². The van der Waals surface area contributed by atoms with Gasteiger partial charge in [0.1, 0.15) is 10.8 Å². The average Bonchev–Trinajstić information content (AvgIpc) is 2.89. The van der Waals surface area contributed by atoms with Crippen molar-refractivity contribution >= 4 is 23.1 Å². The summed E-state index contributed by atoms with van der Waals surface area (Å²) in [5.41, 5.74) is 3.78. The minimum absolute atomic E-state index is 0.939. The Morgan fingerprint density at radius 3 is 2.95 bits per heavy atom. The molecule has 0 atom stereocenters. The van der Waals surface area contributed by atoms with Gasteiger partial charge in [-0.3, -0.25) is 4.40 Å². The van der Waals surface area contributed by atoms with Crippen LogP contribution in [-0.4, -0.2) is 16.4 Å². The molecule has 3 nitrogen and oxygen atoms in total. The fourth-order valence-electron chi connectivity index (χ4n) is 2.29. The molecule has 0 radical (unpaired) electrons. The third-order valence-electron chi connectivity index (χ3n) is 3.26. The zero-order chi connectivity index (χ0) is 13.9. The Bertz CT molecular complexity index is 733. The van der Waals surface area contributed by atoms with E-state index in [2.05, 4.69) is 58.0 Å². The first kappa shape index (κ1) is 13.1. The second-order valence-electron chi connectivity index (χ2n) is 4.73. The minimum Gasteiger partial charge on any atom is -0.374 e. The van der Waals surface area contributed by atoms with Crippen molar-refractivity contribution in [2.75, 3.05) is 12.4 Å². The number of rotatable bonds is 4. The number of aryl methyl sites for hydroxylation is 1. The van der Waals surface area contributed by atoms with Gasteiger partial charge in [-0.15, -0.1) is 0 Å². The van der Waals surface area contributed by atoms with E-state index >= 15 is 0 Å². The van der Waals surface area contributed by atoms with E-state index in [9.17, 15) is 0 Å². The third-order valence-corrected chi connectivity index (χ3v) is 4.32. The quantitative estimate of drug-likeness (QED) is 0.734. The van der Waals surface area contributed by atoms with Crippen LogP contribution in [0.1, 0.15) is 11.1 Å². The molecule has 1 N–H and O–H groups in total. The molecule has 0 saturated heterocycles. The van der Waals surface area contributed by atoms with Crippen molar-refractivity contribution in [3.8, 4) is 0 Å². The van der Waals surface area contributed by atoms with Crippen LogP contribution in [0.5, 0.6) is 0 Å². The fraction of sp³-hybridized carbons (Fsp3) is 0.188. The molecule has 0 saturated carbocycles. The number of fused-ring (bicyclic) bond motifs is 1. The summed E-state index contributed by atoms with van der Waals surface area (Å²) in [6.07, 6.45) is 3.84. The van der Waals surface area contributed by atoms with Gasteiger partial charge in [0.05, 0.1) is 5.52 Å². The van der Waals surface area contributed by atoms with E-state index in [4.69, 9.17) is 0 Å². The average molecular weight is 283 g/mol. The molecule has 0 fully saturated rings. The SMILES string of the molecule is CNc1ccc2c(SCc3cccc(C)c3)nccn12. The van der Waals surface area contributed by atoms with Crippen molar-refractivity contribution < 1.29 is 0 Å². The van der Waals surface area contributed by atoms with Crippen LogP contribution in [0.4, 0.5) is 5.82 Å². The molecule has 1 aromatic carbocycles. The van der Waals surface area contributed by atoms with Gasteiger partial charge in [-0.1, -0.05) is 41.6 Å². The van der Waals surface area contributed by atoms with E-state index in [1.807, 2.05) is 19.4 Å². The molecule has 3 aromatic rings. The van der Waals surface area contributed by atoms with Crippen molar-refractivity contribution in [3.05, 3.63) is 59.9 Å². The lowest BCUT2D eigenvalue weighted by Crippen LogP contribution is -1.95. The summed E-state index contributed by atoms with van der Waals surface area (Å²) in [6, 6.07) is 12.8.